The molecule has 18 heavy (non-hydrogen) atoms. The summed E-state index contributed by atoms with van der Waals surface area (Å²) in [6.07, 6.45) is 0.925. The van der Waals surface area contributed by atoms with Crippen LogP contribution in [0.4, 0.5) is 0 Å². The van der Waals surface area contributed by atoms with Crippen LogP contribution < -0.4 is 10.1 Å². The minimum Gasteiger partial charge on any atom is -0.493 e. The maximum atomic E-state index is 11.5. The SMILES string of the molecule is CCOCC(=O)NCc1cc(Br)cc2c1OCC2. The number of rotatable bonds is 5. The molecule has 0 saturated heterocycles. The molecular formula is C13H16BrNO3. The average molecular weight is 314 g/mol. The predicted octanol–water partition coefficient (Wildman–Crippen LogP) is 2.04. The second-order valence-corrected chi connectivity index (χ2v) is 4.98. The summed E-state index contributed by atoms with van der Waals surface area (Å²) in [4.78, 5) is 11.5. The highest BCUT2D eigenvalue weighted by molar-refractivity contribution is 9.10. The zero-order valence-electron chi connectivity index (χ0n) is 10.3. The van der Waals surface area contributed by atoms with E-state index in [9.17, 15) is 4.79 Å². The topological polar surface area (TPSA) is 47.6 Å². The monoisotopic (exact) mass is 313 g/mol. The lowest BCUT2D eigenvalue weighted by atomic mass is 10.1. The first-order valence-corrected chi connectivity index (χ1v) is 6.78. The molecule has 0 spiro atoms. The number of carbonyl (C=O) groups is 1. The van der Waals surface area contributed by atoms with Gasteiger partial charge in [0, 0.05) is 29.6 Å². The van der Waals surface area contributed by atoms with Crippen molar-refractivity contribution in [3.8, 4) is 5.75 Å². The Bertz CT molecular complexity index is 448. The molecular weight excluding hydrogens is 298 g/mol. The van der Waals surface area contributed by atoms with Crippen molar-refractivity contribution in [3.63, 3.8) is 0 Å². The molecule has 0 bridgehead atoms. The Kier molecular flexibility index (Phi) is 4.60. The number of nitrogens with one attached hydrogen (secondary N) is 1. The summed E-state index contributed by atoms with van der Waals surface area (Å²) in [5, 5.41) is 2.83. The van der Waals surface area contributed by atoms with Crippen LogP contribution in [0.3, 0.4) is 0 Å². The molecule has 0 saturated carbocycles. The summed E-state index contributed by atoms with van der Waals surface area (Å²) in [7, 11) is 0. The van der Waals surface area contributed by atoms with Gasteiger partial charge in [-0.25, -0.2) is 0 Å². The Balaban J connectivity index is 1.99. The lowest BCUT2D eigenvalue weighted by Gasteiger charge is -2.10. The molecule has 1 aromatic carbocycles. The van der Waals surface area contributed by atoms with Gasteiger partial charge in [0.25, 0.3) is 0 Å². The van der Waals surface area contributed by atoms with E-state index in [1.54, 1.807) is 0 Å². The summed E-state index contributed by atoms with van der Waals surface area (Å²) < 4.78 is 11.7. The maximum absolute atomic E-state index is 11.5. The summed E-state index contributed by atoms with van der Waals surface area (Å²) in [5.41, 5.74) is 2.19. The van der Waals surface area contributed by atoms with Crippen LogP contribution in [-0.2, 0) is 22.5 Å². The van der Waals surface area contributed by atoms with Crippen LogP contribution in [0.2, 0.25) is 0 Å². The van der Waals surface area contributed by atoms with Gasteiger partial charge in [-0.1, -0.05) is 15.9 Å². The molecule has 5 heteroatoms. The molecule has 98 valence electrons. The minimum absolute atomic E-state index is 0.105. The Morgan fingerprint density at radius 3 is 3.17 bits per heavy atom. The first-order chi connectivity index (χ1) is 8.70. The van der Waals surface area contributed by atoms with E-state index in [0.717, 1.165) is 22.2 Å². The van der Waals surface area contributed by atoms with Crippen LogP contribution in [0.25, 0.3) is 0 Å². The van der Waals surface area contributed by atoms with Crippen LogP contribution in [0.1, 0.15) is 18.1 Å². The lowest BCUT2D eigenvalue weighted by Crippen LogP contribution is -2.27. The fraction of sp³-hybridized carbons (Fsp3) is 0.462. The zero-order chi connectivity index (χ0) is 13.0. The molecule has 0 aliphatic carbocycles. The number of hydrogen-bond acceptors (Lipinski definition) is 3. The number of ether oxygens (including phenoxy) is 2. The summed E-state index contributed by atoms with van der Waals surface area (Å²) >= 11 is 3.47. The fourth-order valence-corrected chi connectivity index (χ4v) is 2.47. The predicted molar refractivity (Wildman–Crippen MR) is 71.7 cm³/mol. The highest BCUT2D eigenvalue weighted by atomic mass is 79.9. The highest BCUT2D eigenvalue weighted by Gasteiger charge is 2.17. The van der Waals surface area contributed by atoms with E-state index in [4.69, 9.17) is 9.47 Å². The molecule has 0 aromatic heterocycles. The van der Waals surface area contributed by atoms with Crippen molar-refractivity contribution in [3.05, 3.63) is 27.7 Å². The summed E-state index contributed by atoms with van der Waals surface area (Å²) in [5.74, 6) is 0.804. The largest absolute Gasteiger partial charge is 0.493 e. The molecule has 1 N–H and O–H groups in total. The van der Waals surface area contributed by atoms with E-state index in [1.165, 1.54) is 5.56 Å². The van der Waals surface area contributed by atoms with E-state index in [-0.39, 0.29) is 12.5 Å². The van der Waals surface area contributed by atoms with Crippen molar-refractivity contribution in [2.45, 2.75) is 19.9 Å². The van der Waals surface area contributed by atoms with Crippen LogP contribution >= 0.6 is 15.9 Å². The van der Waals surface area contributed by atoms with Gasteiger partial charge in [-0.2, -0.15) is 0 Å². The quantitative estimate of drug-likeness (QED) is 0.905. The number of benzene rings is 1. The van der Waals surface area contributed by atoms with E-state index in [0.29, 0.717) is 19.8 Å². The van der Waals surface area contributed by atoms with Crippen LogP contribution in [-0.4, -0.2) is 25.7 Å². The van der Waals surface area contributed by atoms with Crippen LogP contribution in [0, 0.1) is 0 Å². The number of amides is 1. The van der Waals surface area contributed by atoms with E-state index in [1.807, 2.05) is 13.0 Å². The van der Waals surface area contributed by atoms with Crippen LogP contribution in [0.5, 0.6) is 5.75 Å². The Morgan fingerprint density at radius 1 is 1.56 bits per heavy atom. The van der Waals surface area contributed by atoms with Crippen molar-refractivity contribution in [2.75, 3.05) is 19.8 Å². The molecule has 4 nitrogen and oxygen atoms in total. The fourth-order valence-electron chi connectivity index (χ4n) is 1.92. The molecule has 0 fully saturated rings. The highest BCUT2D eigenvalue weighted by Crippen LogP contribution is 2.32. The van der Waals surface area contributed by atoms with Gasteiger partial charge >= 0.3 is 0 Å². The van der Waals surface area contributed by atoms with Gasteiger partial charge in [0.15, 0.2) is 0 Å². The summed E-state index contributed by atoms with van der Waals surface area (Å²) in [6, 6.07) is 4.04. The van der Waals surface area contributed by atoms with Gasteiger partial charge in [-0.05, 0) is 24.6 Å². The number of halogens is 1. The maximum Gasteiger partial charge on any atom is 0.246 e. The molecule has 2 rings (SSSR count). The van der Waals surface area contributed by atoms with Crippen molar-refractivity contribution < 1.29 is 14.3 Å². The number of hydrogen-bond donors (Lipinski definition) is 1. The Morgan fingerprint density at radius 2 is 2.39 bits per heavy atom. The van der Waals surface area contributed by atoms with Crippen LogP contribution in [0.15, 0.2) is 16.6 Å². The molecule has 0 unspecified atom stereocenters. The smallest absolute Gasteiger partial charge is 0.246 e. The molecule has 1 heterocycles. The number of carbonyl (C=O) groups excluding carboxylic acids is 1. The molecule has 1 amide bonds. The lowest BCUT2D eigenvalue weighted by molar-refractivity contribution is -0.125. The second kappa shape index (κ2) is 6.20. The summed E-state index contributed by atoms with van der Waals surface area (Å²) in [6.45, 7) is 3.69. The van der Waals surface area contributed by atoms with Gasteiger partial charge in [-0.3, -0.25) is 4.79 Å². The molecule has 1 aromatic rings. The van der Waals surface area contributed by atoms with Gasteiger partial charge in [0.2, 0.25) is 5.91 Å². The Labute approximate surface area is 115 Å². The van der Waals surface area contributed by atoms with E-state index >= 15 is 0 Å². The first kappa shape index (κ1) is 13.4. The van der Waals surface area contributed by atoms with Crippen molar-refractivity contribution in [1.29, 1.82) is 0 Å². The van der Waals surface area contributed by atoms with Gasteiger partial charge in [0.1, 0.15) is 12.4 Å². The van der Waals surface area contributed by atoms with Gasteiger partial charge < -0.3 is 14.8 Å². The minimum atomic E-state index is -0.108. The Hall–Kier alpha value is -1.07. The van der Waals surface area contributed by atoms with Crippen molar-refractivity contribution in [2.24, 2.45) is 0 Å². The third-order valence-corrected chi connectivity index (χ3v) is 3.20. The molecule has 0 atom stereocenters. The van der Waals surface area contributed by atoms with Crippen molar-refractivity contribution >= 4 is 21.8 Å². The number of fused-ring (bicyclic) bond motifs is 1. The van der Waals surface area contributed by atoms with E-state index < -0.39 is 0 Å². The first-order valence-electron chi connectivity index (χ1n) is 5.99. The van der Waals surface area contributed by atoms with Crippen molar-refractivity contribution in [1.82, 2.24) is 5.32 Å². The van der Waals surface area contributed by atoms with Gasteiger partial charge in [-0.15, -0.1) is 0 Å². The van der Waals surface area contributed by atoms with Gasteiger partial charge in [0.05, 0.1) is 6.61 Å². The molecule has 0 radical (unpaired) electrons. The third kappa shape index (κ3) is 3.23. The second-order valence-electron chi connectivity index (χ2n) is 4.07. The molecule has 1 aliphatic rings. The zero-order valence-corrected chi connectivity index (χ0v) is 11.9. The standard InChI is InChI=1S/C13H16BrNO3/c1-2-17-8-12(16)15-7-10-6-11(14)5-9-3-4-18-13(9)10/h5-6H,2-4,7-8H2,1H3,(H,15,16). The average Bonchev–Trinajstić information content (AvgIpc) is 2.81. The molecule has 1 aliphatic heterocycles. The normalized spacial score (nSPS) is 13.0. The third-order valence-electron chi connectivity index (χ3n) is 2.74. The van der Waals surface area contributed by atoms with E-state index in [2.05, 4.69) is 27.3 Å².